The first kappa shape index (κ1) is 18.4. The van der Waals surface area contributed by atoms with E-state index in [0.717, 1.165) is 40.2 Å². The number of thiophene rings is 1. The molecule has 5 heteroatoms. The summed E-state index contributed by atoms with van der Waals surface area (Å²) >= 11 is 1.38. The van der Waals surface area contributed by atoms with Gasteiger partial charge in [0.05, 0.1) is 10.7 Å². The molecule has 1 aliphatic heterocycles. The number of nitrogens with one attached hydrogen (secondary N) is 1. The van der Waals surface area contributed by atoms with E-state index in [1.54, 1.807) is 6.92 Å². The minimum atomic E-state index is -0.270. The van der Waals surface area contributed by atoms with Gasteiger partial charge < -0.3 is 11.1 Å². The summed E-state index contributed by atoms with van der Waals surface area (Å²) < 4.78 is 0. The molecule has 1 aromatic carbocycles. The maximum atomic E-state index is 13.1. The Morgan fingerprint density at radius 3 is 2.61 bits per heavy atom. The lowest BCUT2D eigenvalue weighted by atomic mass is 9.80. The van der Waals surface area contributed by atoms with E-state index in [2.05, 4.69) is 11.4 Å². The van der Waals surface area contributed by atoms with E-state index in [0.29, 0.717) is 16.1 Å². The second-order valence-corrected chi connectivity index (χ2v) is 8.16. The van der Waals surface area contributed by atoms with Crippen LogP contribution in [0.5, 0.6) is 0 Å². The largest absolute Gasteiger partial charge is 0.397 e. The van der Waals surface area contributed by atoms with Gasteiger partial charge in [-0.25, -0.2) is 0 Å². The van der Waals surface area contributed by atoms with E-state index in [1.807, 2.05) is 49.4 Å². The second kappa shape index (κ2) is 7.24. The third-order valence-electron chi connectivity index (χ3n) is 5.29. The SMILES string of the molecule is CC(=O)C1=C(C)Nc2sc(C(=O)C3=CC=CCC3)c(N)c2C1c1ccccc1. The molecule has 2 heterocycles. The lowest BCUT2D eigenvalue weighted by Crippen LogP contribution is -2.21. The average Bonchev–Trinajstić information content (AvgIpc) is 3.03. The number of anilines is 2. The molecule has 2 aromatic rings. The lowest BCUT2D eigenvalue weighted by Gasteiger charge is -2.28. The maximum absolute atomic E-state index is 13.1. The maximum Gasteiger partial charge on any atom is 0.201 e. The standard InChI is InChI=1S/C23H22N2O2S/c1-13-17(14(2)26)18(15-9-5-3-6-10-15)19-20(24)22(28-23(19)25-13)21(27)16-11-7-4-8-12-16/h3-7,9-11,18,25H,8,12,24H2,1-2H3. The average molecular weight is 391 g/mol. The van der Waals surface area contributed by atoms with Crippen molar-refractivity contribution in [1.82, 2.24) is 0 Å². The number of carbonyl (C=O) groups is 2. The normalized spacial score (nSPS) is 18.4. The number of fused-ring (bicyclic) bond motifs is 1. The van der Waals surface area contributed by atoms with E-state index >= 15 is 0 Å². The summed E-state index contributed by atoms with van der Waals surface area (Å²) in [6, 6.07) is 9.87. The van der Waals surface area contributed by atoms with Crippen molar-refractivity contribution in [3.63, 3.8) is 0 Å². The van der Waals surface area contributed by atoms with Gasteiger partial charge in [0, 0.05) is 28.3 Å². The Kier molecular flexibility index (Phi) is 4.77. The molecular formula is C23H22N2O2S. The molecule has 4 rings (SSSR count). The molecular weight excluding hydrogens is 368 g/mol. The molecule has 0 spiro atoms. The highest BCUT2D eigenvalue weighted by Gasteiger charge is 2.36. The molecule has 0 saturated heterocycles. The molecule has 3 N–H and O–H groups in total. The molecule has 2 aliphatic rings. The van der Waals surface area contributed by atoms with E-state index in [4.69, 9.17) is 5.73 Å². The Balaban J connectivity index is 1.87. The molecule has 1 aromatic heterocycles. The van der Waals surface area contributed by atoms with Crippen LogP contribution in [0.25, 0.3) is 0 Å². The van der Waals surface area contributed by atoms with Crippen molar-refractivity contribution in [2.24, 2.45) is 0 Å². The summed E-state index contributed by atoms with van der Waals surface area (Å²) in [6.45, 7) is 3.48. The summed E-state index contributed by atoms with van der Waals surface area (Å²) in [6.07, 6.45) is 7.44. The third-order valence-corrected chi connectivity index (χ3v) is 6.43. The molecule has 1 atom stereocenters. The number of Topliss-reactive ketones (excluding diaryl/α,β-unsaturated/α-hetero) is 2. The first-order chi connectivity index (χ1) is 13.5. The zero-order chi connectivity index (χ0) is 19.8. The number of ketones is 2. The molecule has 0 fully saturated rings. The van der Waals surface area contributed by atoms with Crippen LogP contribution in [0, 0.1) is 0 Å². The highest BCUT2D eigenvalue weighted by molar-refractivity contribution is 7.19. The van der Waals surface area contributed by atoms with Crippen LogP contribution in [0.15, 0.2) is 65.4 Å². The zero-order valence-electron chi connectivity index (χ0n) is 15.9. The monoisotopic (exact) mass is 390 g/mol. The van der Waals surface area contributed by atoms with Gasteiger partial charge in [-0.15, -0.1) is 11.3 Å². The summed E-state index contributed by atoms with van der Waals surface area (Å²) in [4.78, 5) is 26.1. The number of nitrogens with two attached hydrogens (primary N) is 1. The van der Waals surface area contributed by atoms with Gasteiger partial charge >= 0.3 is 0 Å². The van der Waals surface area contributed by atoms with E-state index in [1.165, 1.54) is 11.3 Å². The van der Waals surface area contributed by atoms with E-state index in [-0.39, 0.29) is 17.5 Å². The van der Waals surface area contributed by atoms with Crippen LogP contribution in [-0.4, -0.2) is 11.6 Å². The van der Waals surface area contributed by atoms with Crippen molar-refractivity contribution in [2.75, 3.05) is 11.1 Å². The Morgan fingerprint density at radius 2 is 1.96 bits per heavy atom. The van der Waals surface area contributed by atoms with Crippen LogP contribution < -0.4 is 11.1 Å². The Labute approximate surface area is 168 Å². The smallest absolute Gasteiger partial charge is 0.201 e. The summed E-state index contributed by atoms with van der Waals surface area (Å²) in [5.74, 6) is -0.284. The summed E-state index contributed by atoms with van der Waals surface area (Å²) in [5.41, 5.74) is 11.1. The zero-order valence-corrected chi connectivity index (χ0v) is 16.7. The van der Waals surface area contributed by atoms with Gasteiger partial charge in [-0.3, -0.25) is 9.59 Å². The van der Waals surface area contributed by atoms with Crippen molar-refractivity contribution >= 4 is 33.6 Å². The molecule has 1 aliphatic carbocycles. The van der Waals surface area contributed by atoms with Gasteiger partial charge in [0.1, 0.15) is 4.88 Å². The number of nitrogen functional groups attached to an aromatic ring is 1. The van der Waals surface area contributed by atoms with Gasteiger partial charge in [0.25, 0.3) is 0 Å². The number of rotatable bonds is 4. The highest BCUT2D eigenvalue weighted by atomic mass is 32.1. The minimum Gasteiger partial charge on any atom is -0.397 e. The second-order valence-electron chi connectivity index (χ2n) is 7.14. The predicted octanol–water partition coefficient (Wildman–Crippen LogP) is 5.21. The number of hydrogen-bond donors (Lipinski definition) is 2. The molecule has 4 nitrogen and oxygen atoms in total. The van der Waals surface area contributed by atoms with Crippen LogP contribution in [0.3, 0.4) is 0 Å². The van der Waals surface area contributed by atoms with Crippen LogP contribution >= 0.6 is 11.3 Å². The molecule has 28 heavy (non-hydrogen) atoms. The molecule has 0 radical (unpaired) electrons. The van der Waals surface area contributed by atoms with Gasteiger partial charge in [0.2, 0.25) is 5.78 Å². The van der Waals surface area contributed by atoms with Crippen molar-refractivity contribution in [1.29, 1.82) is 0 Å². The number of benzene rings is 1. The van der Waals surface area contributed by atoms with Gasteiger partial charge in [-0.1, -0.05) is 48.6 Å². The van der Waals surface area contributed by atoms with Crippen LogP contribution in [0.4, 0.5) is 10.7 Å². The summed E-state index contributed by atoms with van der Waals surface area (Å²) in [5, 5.41) is 4.17. The number of hydrogen-bond acceptors (Lipinski definition) is 5. The van der Waals surface area contributed by atoms with Crippen molar-refractivity contribution < 1.29 is 9.59 Å². The van der Waals surface area contributed by atoms with Crippen molar-refractivity contribution in [2.45, 2.75) is 32.6 Å². The fourth-order valence-corrected chi connectivity index (χ4v) is 5.18. The first-order valence-electron chi connectivity index (χ1n) is 9.35. The highest BCUT2D eigenvalue weighted by Crippen LogP contribution is 2.50. The third kappa shape index (κ3) is 3.02. The van der Waals surface area contributed by atoms with Gasteiger partial charge in [0.15, 0.2) is 5.78 Å². The van der Waals surface area contributed by atoms with Crippen LogP contribution in [-0.2, 0) is 4.79 Å². The van der Waals surface area contributed by atoms with Crippen molar-refractivity contribution in [3.05, 3.63) is 81.4 Å². The lowest BCUT2D eigenvalue weighted by molar-refractivity contribution is -0.113. The van der Waals surface area contributed by atoms with Gasteiger partial charge in [-0.05, 0) is 32.3 Å². The van der Waals surface area contributed by atoms with E-state index < -0.39 is 0 Å². The molecule has 1 unspecified atom stereocenters. The Bertz CT molecular complexity index is 1060. The quantitative estimate of drug-likeness (QED) is 0.703. The molecule has 0 bridgehead atoms. The Hall–Kier alpha value is -2.92. The first-order valence-corrected chi connectivity index (χ1v) is 10.2. The van der Waals surface area contributed by atoms with Crippen LogP contribution in [0.2, 0.25) is 0 Å². The van der Waals surface area contributed by atoms with Crippen LogP contribution in [0.1, 0.15) is 53.4 Å². The number of allylic oxidation sites excluding steroid dienone is 6. The molecule has 0 amide bonds. The fraction of sp³-hybridized carbons (Fsp3) is 0.217. The van der Waals surface area contributed by atoms with Crippen molar-refractivity contribution in [3.8, 4) is 0 Å². The fourth-order valence-electron chi connectivity index (χ4n) is 3.99. The predicted molar refractivity (Wildman–Crippen MR) is 115 cm³/mol. The molecule has 0 saturated carbocycles. The Morgan fingerprint density at radius 1 is 1.21 bits per heavy atom. The van der Waals surface area contributed by atoms with E-state index in [9.17, 15) is 9.59 Å². The van der Waals surface area contributed by atoms with Gasteiger partial charge in [-0.2, -0.15) is 0 Å². The topological polar surface area (TPSA) is 72.2 Å². The number of carbonyl (C=O) groups excluding carboxylic acids is 2. The molecule has 142 valence electrons. The minimum absolute atomic E-state index is 0.00288. The summed E-state index contributed by atoms with van der Waals surface area (Å²) in [7, 11) is 0.